The van der Waals surface area contributed by atoms with Crippen molar-refractivity contribution in [2.75, 3.05) is 30.4 Å². The number of rotatable bonds is 8. The van der Waals surface area contributed by atoms with Crippen LogP contribution in [0.2, 0.25) is 0 Å². The maximum atomic E-state index is 5.74. The van der Waals surface area contributed by atoms with Crippen molar-refractivity contribution in [2.24, 2.45) is 0 Å². The summed E-state index contributed by atoms with van der Waals surface area (Å²) in [5.74, 6) is 2.50. The van der Waals surface area contributed by atoms with E-state index in [-0.39, 0.29) is 0 Å². The van der Waals surface area contributed by atoms with Crippen LogP contribution in [0.1, 0.15) is 19.6 Å². The van der Waals surface area contributed by atoms with Crippen molar-refractivity contribution in [1.82, 2.24) is 14.4 Å². The number of furan rings is 1. The van der Waals surface area contributed by atoms with E-state index in [2.05, 4.69) is 47.2 Å². The second-order valence-electron chi connectivity index (χ2n) is 6.60. The Morgan fingerprint density at radius 1 is 1.21 bits per heavy atom. The number of fused-ring (bicyclic) bond motifs is 1. The van der Waals surface area contributed by atoms with Crippen LogP contribution in [0.5, 0.6) is 5.75 Å². The van der Waals surface area contributed by atoms with Crippen molar-refractivity contribution in [3.63, 3.8) is 0 Å². The third-order valence-electron chi connectivity index (χ3n) is 5.01. The Balaban J connectivity index is 1.79. The largest absolute Gasteiger partial charge is 0.496 e. The number of benzene rings is 1. The second-order valence-corrected chi connectivity index (χ2v) is 6.60. The normalized spacial score (nSPS) is 11.0. The van der Waals surface area contributed by atoms with E-state index >= 15 is 0 Å². The highest BCUT2D eigenvalue weighted by Crippen LogP contribution is 2.37. The molecule has 0 aliphatic heterocycles. The lowest BCUT2D eigenvalue weighted by atomic mass is 10.1. The molecule has 0 radical (unpaired) electrons. The predicted octanol–water partition coefficient (Wildman–Crippen LogP) is 4.46. The standard InChI is InChI=1S/C22H25N5O2/c1-4-26(5-2)16-8-9-18(19(13-16)28-3)21-22(24-14-17-7-6-12-29-17)27-11-10-23-15-20(27)25-21/h6-13,15,24H,4-5,14H2,1-3H3. The van der Waals surface area contributed by atoms with Gasteiger partial charge in [0.05, 0.1) is 26.1 Å². The van der Waals surface area contributed by atoms with Gasteiger partial charge in [0.2, 0.25) is 0 Å². The van der Waals surface area contributed by atoms with Crippen LogP contribution in [0.25, 0.3) is 16.9 Å². The third kappa shape index (κ3) is 3.63. The fourth-order valence-electron chi connectivity index (χ4n) is 3.51. The second kappa shape index (κ2) is 8.26. The van der Waals surface area contributed by atoms with Crippen LogP contribution in [0.4, 0.5) is 11.5 Å². The molecule has 0 atom stereocenters. The fourth-order valence-corrected chi connectivity index (χ4v) is 3.51. The molecule has 4 aromatic rings. The highest BCUT2D eigenvalue weighted by Gasteiger charge is 2.19. The molecule has 0 aliphatic rings. The van der Waals surface area contributed by atoms with Gasteiger partial charge in [-0.15, -0.1) is 0 Å². The van der Waals surface area contributed by atoms with Crippen LogP contribution in [0.3, 0.4) is 0 Å². The number of anilines is 2. The smallest absolute Gasteiger partial charge is 0.157 e. The van der Waals surface area contributed by atoms with E-state index in [9.17, 15) is 0 Å². The Hall–Kier alpha value is -3.48. The summed E-state index contributed by atoms with van der Waals surface area (Å²) in [7, 11) is 1.69. The van der Waals surface area contributed by atoms with Gasteiger partial charge in [0.25, 0.3) is 0 Å². The summed E-state index contributed by atoms with van der Waals surface area (Å²) in [5, 5.41) is 3.46. The zero-order valence-corrected chi connectivity index (χ0v) is 16.9. The molecule has 1 aromatic carbocycles. The molecule has 0 saturated heterocycles. The van der Waals surface area contributed by atoms with Crippen LogP contribution < -0.4 is 15.0 Å². The van der Waals surface area contributed by atoms with Crippen molar-refractivity contribution in [3.05, 3.63) is 60.9 Å². The van der Waals surface area contributed by atoms with Gasteiger partial charge in [0, 0.05) is 42.8 Å². The summed E-state index contributed by atoms with van der Waals surface area (Å²) >= 11 is 0. The quantitative estimate of drug-likeness (QED) is 0.478. The van der Waals surface area contributed by atoms with Crippen molar-refractivity contribution in [2.45, 2.75) is 20.4 Å². The summed E-state index contributed by atoms with van der Waals surface area (Å²) in [4.78, 5) is 11.3. The SMILES string of the molecule is CCN(CC)c1ccc(-c2nc3cnccn3c2NCc2ccco2)c(OC)c1. The number of nitrogens with one attached hydrogen (secondary N) is 1. The molecule has 1 N–H and O–H groups in total. The summed E-state index contributed by atoms with van der Waals surface area (Å²) in [6, 6.07) is 10.1. The summed E-state index contributed by atoms with van der Waals surface area (Å²) in [6.07, 6.45) is 7.06. The van der Waals surface area contributed by atoms with E-state index < -0.39 is 0 Å². The lowest BCUT2D eigenvalue weighted by Gasteiger charge is -2.22. The Labute approximate surface area is 170 Å². The molecule has 0 spiro atoms. The van der Waals surface area contributed by atoms with E-state index in [1.54, 1.807) is 25.8 Å². The van der Waals surface area contributed by atoms with Crippen LogP contribution in [0, 0.1) is 0 Å². The molecular formula is C22H25N5O2. The molecule has 0 bridgehead atoms. The Morgan fingerprint density at radius 3 is 2.79 bits per heavy atom. The van der Waals surface area contributed by atoms with Crippen LogP contribution in [-0.4, -0.2) is 34.6 Å². The zero-order valence-electron chi connectivity index (χ0n) is 16.9. The first-order chi connectivity index (χ1) is 14.2. The first kappa shape index (κ1) is 18.9. The number of methoxy groups -OCH3 is 1. The van der Waals surface area contributed by atoms with Gasteiger partial charge in [-0.3, -0.25) is 9.38 Å². The van der Waals surface area contributed by atoms with E-state index in [0.717, 1.165) is 53.0 Å². The van der Waals surface area contributed by atoms with Gasteiger partial charge in [-0.25, -0.2) is 4.98 Å². The third-order valence-corrected chi connectivity index (χ3v) is 5.01. The maximum Gasteiger partial charge on any atom is 0.157 e. The molecule has 29 heavy (non-hydrogen) atoms. The van der Waals surface area contributed by atoms with Crippen LogP contribution in [0.15, 0.2) is 59.6 Å². The first-order valence-corrected chi connectivity index (χ1v) is 9.76. The zero-order chi connectivity index (χ0) is 20.2. The lowest BCUT2D eigenvalue weighted by Crippen LogP contribution is -2.21. The number of imidazole rings is 1. The Kier molecular flexibility index (Phi) is 5.37. The Morgan fingerprint density at radius 2 is 2.07 bits per heavy atom. The van der Waals surface area contributed by atoms with Crippen molar-refractivity contribution >= 4 is 17.2 Å². The highest BCUT2D eigenvalue weighted by molar-refractivity contribution is 5.81. The number of aromatic nitrogens is 3. The predicted molar refractivity (Wildman–Crippen MR) is 115 cm³/mol. The average molecular weight is 391 g/mol. The van der Waals surface area contributed by atoms with Crippen molar-refractivity contribution < 1.29 is 9.15 Å². The minimum Gasteiger partial charge on any atom is -0.496 e. The molecule has 150 valence electrons. The molecular weight excluding hydrogens is 366 g/mol. The summed E-state index contributed by atoms with van der Waals surface area (Å²) in [5.41, 5.74) is 3.63. The first-order valence-electron chi connectivity index (χ1n) is 9.76. The van der Waals surface area contributed by atoms with Gasteiger partial charge in [-0.2, -0.15) is 0 Å². The van der Waals surface area contributed by atoms with Crippen molar-refractivity contribution in [3.8, 4) is 17.0 Å². The van der Waals surface area contributed by atoms with Crippen LogP contribution in [-0.2, 0) is 6.54 Å². The van der Waals surface area contributed by atoms with Gasteiger partial charge in [-0.05, 0) is 38.1 Å². The molecule has 7 nitrogen and oxygen atoms in total. The number of hydrogen-bond donors (Lipinski definition) is 1. The summed E-state index contributed by atoms with van der Waals surface area (Å²) < 4.78 is 13.2. The lowest BCUT2D eigenvalue weighted by molar-refractivity contribution is 0.416. The van der Waals surface area contributed by atoms with Gasteiger partial charge in [0.1, 0.15) is 23.0 Å². The minimum atomic E-state index is 0.552. The molecule has 4 rings (SSSR count). The number of hydrogen-bond acceptors (Lipinski definition) is 6. The van der Waals surface area contributed by atoms with Gasteiger partial charge < -0.3 is 19.4 Å². The molecule has 0 saturated carbocycles. The van der Waals surface area contributed by atoms with Gasteiger partial charge in [0.15, 0.2) is 5.65 Å². The summed E-state index contributed by atoms with van der Waals surface area (Å²) in [6.45, 7) is 6.73. The number of ether oxygens (including phenoxy) is 1. The molecule has 0 aliphatic carbocycles. The molecule has 0 fully saturated rings. The monoisotopic (exact) mass is 391 g/mol. The van der Waals surface area contributed by atoms with Gasteiger partial charge >= 0.3 is 0 Å². The minimum absolute atomic E-state index is 0.552. The topological polar surface area (TPSA) is 67.8 Å². The molecule has 3 aromatic heterocycles. The number of nitrogens with zero attached hydrogens (tertiary/aromatic N) is 4. The van der Waals surface area contributed by atoms with E-state index in [1.807, 2.05) is 22.7 Å². The van der Waals surface area contributed by atoms with Gasteiger partial charge in [-0.1, -0.05) is 0 Å². The fraction of sp³-hybridized carbons (Fsp3) is 0.273. The van der Waals surface area contributed by atoms with E-state index in [4.69, 9.17) is 14.1 Å². The maximum absolute atomic E-state index is 5.74. The molecule has 0 unspecified atom stereocenters. The molecule has 0 amide bonds. The average Bonchev–Trinajstić information content (AvgIpc) is 3.40. The van der Waals surface area contributed by atoms with Crippen molar-refractivity contribution in [1.29, 1.82) is 0 Å². The van der Waals surface area contributed by atoms with E-state index in [0.29, 0.717) is 6.54 Å². The molecule has 3 heterocycles. The van der Waals surface area contributed by atoms with E-state index in [1.165, 1.54) is 0 Å². The highest BCUT2D eigenvalue weighted by atomic mass is 16.5. The molecule has 7 heteroatoms. The Bertz CT molecular complexity index is 1080. The van der Waals surface area contributed by atoms with Crippen LogP contribution >= 0.6 is 0 Å².